The molecule has 2 atom stereocenters. The number of carbonyl (C=O) groups is 2. The summed E-state index contributed by atoms with van der Waals surface area (Å²) in [5, 5.41) is 14.3. The molecule has 5 nitrogen and oxygen atoms in total. The molecule has 0 aliphatic heterocycles. The number of aliphatic carboxylic acids is 1. The molecule has 21 heavy (non-hydrogen) atoms. The van der Waals surface area contributed by atoms with Gasteiger partial charge in [-0.25, -0.2) is 9.59 Å². The fraction of sp³-hybridized carbons (Fsp3) is 0.500. The Hall–Kier alpha value is -2.04. The van der Waals surface area contributed by atoms with Crippen LogP contribution in [-0.4, -0.2) is 29.7 Å². The highest BCUT2D eigenvalue weighted by Crippen LogP contribution is 2.12. The van der Waals surface area contributed by atoms with Gasteiger partial charge in [0.1, 0.15) is 6.04 Å². The molecule has 0 spiro atoms. The van der Waals surface area contributed by atoms with E-state index in [0.29, 0.717) is 13.0 Å². The monoisotopic (exact) mass is 292 g/mol. The van der Waals surface area contributed by atoms with Crippen LogP contribution in [0.1, 0.15) is 44.6 Å². The van der Waals surface area contributed by atoms with Gasteiger partial charge in [-0.2, -0.15) is 0 Å². The van der Waals surface area contributed by atoms with Crippen LogP contribution in [0, 0.1) is 0 Å². The summed E-state index contributed by atoms with van der Waals surface area (Å²) in [5.41, 5.74) is 1.14. The molecule has 0 saturated carbocycles. The Kier molecular flexibility index (Phi) is 7.29. The molecule has 1 rings (SSSR count). The molecule has 3 N–H and O–H groups in total. The summed E-state index contributed by atoms with van der Waals surface area (Å²) >= 11 is 0. The van der Waals surface area contributed by atoms with Crippen LogP contribution in [0.2, 0.25) is 0 Å². The van der Waals surface area contributed by atoms with Crippen LogP contribution in [0.3, 0.4) is 0 Å². The quantitative estimate of drug-likeness (QED) is 0.689. The van der Waals surface area contributed by atoms with Crippen molar-refractivity contribution in [2.24, 2.45) is 0 Å². The molecule has 0 aromatic heterocycles. The van der Waals surface area contributed by atoms with Gasteiger partial charge in [-0.15, -0.1) is 0 Å². The zero-order valence-corrected chi connectivity index (χ0v) is 12.6. The molecule has 0 aliphatic carbocycles. The van der Waals surface area contributed by atoms with E-state index < -0.39 is 18.0 Å². The van der Waals surface area contributed by atoms with Crippen molar-refractivity contribution in [3.8, 4) is 0 Å². The smallest absolute Gasteiger partial charge is 0.326 e. The van der Waals surface area contributed by atoms with Gasteiger partial charge in [0.05, 0.1) is 0 Å². The van der Waals surface area contributed by atoms with Crippen LogP contribution >= 0.6 is 0 Å². The molecule has 0 aliphatic rings. The summed E-state index contributed by atoms with van der Waals surface area (Å²) in [4.78, 5) is 22.8. The van der Waals surface area contributed by atoms with Crippen molar-refractivity contribution in [3.63, 3.8) is 0 Å². The Morgan fingerprint density at radius 3 is 2.48 bits per heavy atom. The lowest BCUT2D eigenvalue weighted by Gasteiger charge is -2.17. The molecular weight excluding hydrogens is 268 g/mol. The van der Waals surface area contributed by atoms with Crippen LogP contribution in [0.25, 0.3) is 0 Å². The van der Waals surface area contributed by atoms with E-state index in [9.17, 15) is 9.59 Å². The highest BCUT2D eigenvalue weighted by atomic mass is 16.4. The van der Waals surface area contributed by atoms with Gasteiger partial charge in [-0.3, -0.25) is 0 Å². The maximum Gasteiger partial charge on any atom is 0.326 e. The van der Waals surface area contributed by atoms with Crippen LogP contribution in [0.4, 0.5) is 4.79 Å². The first kappa shape index (κ1) is 17.0. The molecule has 0 heterocycles. The fourth-order valence-electron chi connectivity index (χ4n) is 2.02. The first-order valence-corrected chi connectivity index (χ1v) is 7.36. The molecule has 0 bridgehead atoms. The number of hydrogen-bond donors (Lipinski definition) is 3. The largest absolute Gasteiger partial charge is 0.480 e. The summed E-state index contributed by atoms with van der Waals surface area (Å²) in [6.45, 7) is 4.47. The van der Waals surface area contributed by atoms with Crippen molar-refractivity contribution in [1.29, 1.82) is 0 Å². The van der Waals surface area contributed by atoms with Crippen LogP contribution < -0.4 is 10.6 Å². The number of rotatable bonds is 8. The standard InChI is InChI=1S/C16H24N2O3/c1-3-4-10-14(15(19)20)18-16(21)17-11-12(2)13-8-6-5-7-9-13/h5-9,12,14H,3-4,10-11H2,1-2H3,(H,19,20)(H2,17,18,21). The van der Waals surface area contributed by atoms with Crippen molar-refractivity contribution >= 4 is 12.0 Å². The summed E-state index contributed by atoms with van der Waals surface area (Å²) < 4.78 is 0. The highest BCUT2D eigenvalue weighted by molar-refractivity contribution is 5.82. The number of hydrogen-bond acceptors (Lipinski definition) is 2. The maximum atomic E-state index is 11.8. The zero-order valence-electron chi connectivity index (χ0n) is 12.6. The summed E-state index contributed by atoms with van der Waals surface area (Å²) in [5.74, 6) is -0.814. The van der Waals surface area contributed by atoms with Crippen molar-refractivity contribution in [2.45, 2.75) is 45.1 Å². The number of carboxylic acid groups (broad SMARTS) is 1. The van der Waals surface area contributed by atoms with E-state index in [4.69, 9.17) is 5.11 Å². The summed E-state index contributed by atoms with van der Waals surface area (Å²) in [7, 11) is 0. The Bertz CT molecular complexity index is 448. The molecule has 116 valence electrons. The Morgan fingerprint density at radius 1 is 1.24 bits per heavy atom. The van der Waals surface area contributed by atoms with E-state index in [0.717, 1.165) is 18.4 Å². The lowest BCUT2D eigenvalue weighted by molar-refractivity contribution is -0.139. The van der Waals surface area contributed by atoms with E-state index in [1.807, 2.05) is 44.2 Å². The topological polar surface area (TPSA) is 78.4 Å². The van der Waals surface area contributed by atoms with E-state index in [-0.39, 0.29) is 5.92 Å². The third-order valence-corrected chi connectivity index (χ3v) is 3.39. The Balaban J connectivity index is 2.40. The number of unbranched alkanes of at least 4 members (excludes halogenated alkanes) is 1. The minimum Gasteiger partial charge on any atom is -0.480 e. The Labute approximate surface area is 125 Å². The van der Waals surface area contributed by atoms with Crippen molar-refractivity contribution < 1.29 is 14.7 Å². The highest BCUT2D eigenvalue weighted by Gasteiger charge is 2.19. The normalized spacial score (nSPS) is 13.2. The summed E-state index contributed by atoms with van der Waals surface area (Å²) in [6, 6.07) is 8.62. The van der Waals surface area contributed by atoms with Crippen LogP contribution in [0.5, 0.6) is 0 Å². The predicted octanol–water partition coefficient (Wildman–Crippen LogP) is 2.73. The van der Waals surface area contributed by atoms with E-state index in [2.05, 4.69) is 10.6 Å². The third-order valence-electron chi connectivity index (χ3n) is 3.39. The first-order valence-electron chi connectivity index (χ1n) is 7.36. The van der Waals surface area contributed by atoms with Gasteiger partial charge in [0.2, 0.25) is 0 Å². The molecule has 0 fully saturated rings. The van der Waals surface area contributed by atoms with Crippen LogP contribution in [-0.2, 0) is 4.79 Å². The average molecular weight is 292 g/mol. The lowest BCUT2D eigenvalue weighted by Crippen LogP contribution is -2.46. The van der Waals surface area contributed by atoms with Gasteiger partial charge in [0.25, 0.3) is 0 Å². The van der Waals surface area contributed by atoms with E-state index in [1.54, 1.807) is 0 Å². The van der Waals surface area contributed by atoms with Gasteiger partial charge in [0, 0.05) is 6.54 Å². The first-order chi connectivity index (χ1) is 10.0. The third kappa shape index (κ3) is 6.29. The summed E-state index contributed by atoms with van der Waals surface area (Å²) in [6.07, 6.45) is 2.13. The number of amides is 2. The molecule has 1 aromatic rings. The van der Waals surface area contributed by atoms with Crippen molar-refractivity contribution in [3.05, 3.63) is 35.9 Å². The molecule has 0 radical (unpaired) electrons. The van der Waals surface area contributed by atoms with E-state index in [1.165, 1.54) is 0 Å². The number of carboxylic acids is 1. The number of nitrogens with one attached hydrogen (secondary N) is 2. The second-order valence-corrected chi connectivity index (χ2v) is 5.20. The van der Waals surface area contributed by atoms with Gasteiger partial charge in [-0.1, -0.05) is 57.0 Å². The molecule has 0 saturated heterocycles. The number of carbonyl (C=O) groups excluding carboxylic acids is 1. The molecule has 1 aromatic carbocycles. The maximum absolute atomic E-state index is 11.8. The second kappa shape index (κ2) is 9.00. The van der Waals surface area contributed by atoms with Crippen LogP contribution in [0.15, 0.2) is 30.3 Å². The van der Waals surface area contributed by atoms with Gasteiger partial charge >= 0.3 is 12.0 Å². The molecular formula is C16H24N2O3. The molecule has 2 unspecified atom stereocenters. The van der Waals surface area contributed by atoms with Crippen molar-refractivity contribution in [1.82, 2.24) is 10.6 Å². The predicted molar refractivity (Wildman–Crippen MR) is 82.3 cm³/mol. The second-order valence-electron chi connectivity index (χ2n) is 5.20. The van der Waals surface area contributed by atoms with Gasteiger partial charge in [0.15, 0.2) is 0 Å². The minimum absolute atomic E-state index is 0.177. The lowest BCUT2D eigenvalue weighted by atomic mass is 10.0. The van der Waals surface area contributed by atoms with Crippen molar-refractivity contribution in [2.75, 3.05) is 6.54 Å². The SMILES string of the molecule is CCCCC(NC(=O)NCC(C)c1ccccc1)C(=O)O. The fourth-order valence-corrected chi connectivity index (χ4v) is 2.02. The Morgan fingerprint density at radius 2 is 1.90 bits per heavy atom. The number of benzene rings is 1. The molecule has 5 heteroatoms. The average Bonchev–Trinajstić information content (AvgIpc) is 2.49. The van der Waals surface area contributed by atoms with Gasteiger partial charge in [-0.05, 0) is 17.9 Å². The number of urea groups is 1. The molecule has 2 amide bonds. The van der Waals surface area contributed by atoms with E-state index >= 15 is 0 Å². The zero-order chi connectivity index (χ0) is 15.7. The van der Waals surface area contributed by atoms with Gasteiger partial charge < -0.3 is 15.7 Å². The minimum atomic E-state index is -0.991.